The minimum Gasteiger partial charge on any atom is -0.486 e. The molecule has 9 heteroatoms. The molecule has 38 heavy (non-hydrogen) atoms. The Labute approximate surface area is 225 Å². The summed E-state index contributed by atoms with van der Waals surface area (Å²) in [7, 11) is 0. The van der Waals surface area contributed by atoms with E-state index in [0.717, 1.165) is 37.1 Å². The number of fused-ring (bicyclic) bond motifs is 1. The van der Waals surface area contributed by atoms with Gasteiger partial charge in [-0.2, -0.15) is 0 Å². The standard InChI is InChI=1S/C29H28ClFN2O5/c30-22-9-7-19(8-10-22)18-3-5-20(6-4-18)27(35)29(36)32-24(17-33-11-1-2-12-33)26(34)21-15-23(31)28-25(16-21)37-13-14-38-28/h3-10,15-16,24,26,34H,1-2,11-14,17H2,(H,32,36)/t24-,26-/m1/s1. The number of amides is 1. The molecule has 2 heterocycles. The predicted octanol–water partition coefficient (Wildman–Crippen LogP) is 4.41. The highest BCUT2D eigenvalue weighted by Gasteiger charge is 2.31. The summed E-state index contributed by atoms with van der Waals surface area (Å²) < 4.78 is 25.5. The molecule has 3 aromatic rings. The number of carbonyl (C=O) groups is 2. The molecule has 0 radical (unpaired) electrons. The van der Waals surface area contributed by atoms with Gasteiger partial charge in [-0.3, -0.25) is 9.59 Å². The number of aliphatic hydroxyl groups is 1. The molecule has 0 bridgehead atoms. The highest BCUT2D eigenvalue weighted by Crippen LogP contribution is 2.36. The smallest absolute Gasteiger partial charge is 0.292 e. The number of hydrogen-bond acceptors (Lipinski definition) is 6. The molecule has 0 spiro atoms. The Kier molecular flexibility index (Phi) is 7.93. The van der Waals surface area contributed by atoms with Gasteiger partial charge >= 0.3 is 0 Å². The molecule has 2 aliphatic rings. The Hall–Kier alpha value is -3.46. The van der Waals surface area contributed by atoms with Crippen molar-refractivity contribution in [3.8, 4) is 22.6 Å². The van der Waals surface area contributed by atoms with E-state index in [2.05, 4.69) is 10.2 Å². The van der Waals surface area contributed by atoms with Crippen LogP contribution in [-0.2, 0) is 4.79 Å². The Balaban J connectivity index is 1.33. The first-order valence-electron chi connectivity index (χ1n) is 12.6. The zero-order valence-corrected chi connectivity index (χ0v) is 21.4. The predicted molar refractivity (Wildman–Crippen MR) is 141 cm³/mol. The van der Waals surface area contributed by atoms with Gasteiger partial charge in [0.1, 0.15) is 19.3 Å². The average molecular weight is 539 g/mol. The molecule has 1 saturated heterocycles. The highest BCUT2D eigenvalue weighted by atomic mass is 35.5. The number of likely N-dealkylation sites (tertiary alicyclic amines) is 1. The van der Waals surface area contributed by atoms with Crippen LogP contribution in [0.4, 0.5) is 4.39 Å². The molecule has 0 saturated carbocycles. The molecule has 7 nitrogen and oxygen atoms in total. The summed E-state index contributed by atoms with van der Waals surface area (Å²) in [6.45, 7) is 2.45. The van der Waals surface area contributed by atoms with Crippen molar-refractivity contribution in [3.05, 3.63) is 82.6 Å². The second-order valence-electron chi connectivity index (χ2n) is 9.47. The number of Topliss-reactive ketones (excluding diaryl/α,β-unsaturated/α-hetero) is 1. The zero-order chi connectivity index (χ0) is 26.6. The van der Waals surface area contributed by atoms with E-state index >= 15 is 0 Å². The third kappa shape index (κ3) is 5.83. The minimum atomic E-state index is -1.27. The van der Waals surface area contributed by atoms with Gasteiger partial charge in [-0.1, -0.05) is 48.0 Å². The molecule has 2 aliphatic heterocycles. The number of benzene rings is 3. The fraction of sp³-hybridized carbons (Fsp3) is 0.310. The van der Waals surface area contributed by atoms with Crippen LogP contribution in [0.25, 0.3) is 11.1 Å². The van der Waals surface area contributed by atoms with Gasteiger partial charge in [0.2, 0.25) is 5.78 Å². The summed E-state index contributed by atoms with van der Waals surface area (Å²) in [5.74, 6) is -2.01. The van der Waals surface area contributed by atoms with Crippen LogP contribution < -0.4 is 14.8 Å². The summed E-state index contributed by atoms with van der Waals surface area (Å²) >= 11 is 5.96. The van der Waals surface area contributed by atoms with E-state index in [1.54, 1.807) is 36.4 Å². The first-order valence-corrected chi connectivity index (χ1v) is 13.0. The van der Waals surface area contributed by atoms with E-state index in [4.69, 9.17) is 21.1 Å². The number of carbonyl (C=O) groups excluding carboxylic acids is 2. The van der Waals surface area contributed by atoms with E-state index < -0.39 is 29.7 Å². The minimum absolute atomic E-state index is 0.00422. The highest BCUT2D eigenvalue weighted by molar-refractivity contribution is 6.42. The topological polar surface area (TPSA) is 88.1 Å². The monoisotopic (exact) mass is 538 g/mol. The summed E-state index contributed by atoms with van der Waals surface area (Å²) in [6, 6.07) is 15.9. The third-order valence-electron chi connectivity index (χ3n) is 6.84. The van der Waals surface area contributed by atoms with Crippen LogP contribution in [0, 0.1) is 5.82 Å². The van der Waals surface area contributed by atoms with Crippen LogP contribution in [0.2, 0.25) is 5.02 Å². The molecule has 198 valence electrons. The van der Waals surface area contributed by atoms with E-state index in [1.165, 1.54) is 12.1 Å². The number of ether oxygens (including phenoxy) is 2. The molecule has 1 amide bonds. The quantitative estimate of drug-likeness (QED) is 0.326. The Morgan fingerprint density at radius 2 is 1.61 bits per heavy atom. The van der Waals surface area contributed by atoms with Gasteiger partial charge in [-0.25, -0.2) is 4.39 Å². The Morgan fingerprint density at radius 1 is 0.974 bits per heavy atom. The number of ketones is 1. The summed E-state index contributed by atoms with van der Waals surface area (Å²) in [6.07, 6.45) is 0.743. The molecule has 5 rings (SSSR count). The second-order valence-corrected chi connectivity index (χ2v) is 9.91. The van der Waals surface area contributed by atoms with Gasteiger partial charge in [0, 0.05) is 17.1 Å². The van der Waals surface area contributed by atoms with E-state index in [-0.39, 0.29) is 35.8 Å². The molecule has 1 fully saturated rings. The largest absolute Gasteiger partial charge is 0.486 e. The van der Waals surface area contributed by atoms with Gasteiger partial charge in [0.15, 0.2) is 17.3 Å². The van der Waals surface area contributed by atoms with Crippen molar-refractivity contribution < 1.29 is 28.6 Å². The van der Waals surface area contributed by atoms with Crippen molar-refractivity contribution in [1.82, 2.24) is 10.2 Å². The van der Waals surface area contributed by atoms with Gasteiger partial charge in [-0.05, 0) is 66.9 Å². The van der Waals surface area contributed by atoms with E-state index in [1.807, 2.05) is 12.1 Å². The molecule has 2 N–H and O–H groups in total. The number of halogens is 2. The SMILES string of the molecule is O=C(N[C@H](CN1CCCC1)[C@H](O)c1cc(F)c2c(c1)OCCO2)C(=O)c1ccc(-c2ccc(Cl)cc2)cc1. The first-order chi connectivity index (χ1) is 18.4. The van der Waals surface area contributed by atoms with Gasteiger partial charge in [-0.15, -0.1) is 0 Å². The Morgan fingerprint density at radius 3 is 2.29 bits per heavy atom. The lowest BCUT2D eigenvalue weighted by molar-refractivity contribution is -0.118. The van der Waals surface area contributed by atoms with Crippen molar-refractivity contribution in [1.29, 1.82) is 0 Å². The van der Waals surface area contributed by atoms with Crippen molar-refractivity contribution in [2.75, 3.05) is 32.8 Å². The normalized spacial score (nSPS) is 16.6. The van der Waals surface area contributed by atoms with Crippen molar-refractivity contribution in [2.24, 2.45) is 0 Å². The lowest BCUT2D eigenvalue weighted by Gasteiger charge is -2.29. The number of nitrogens with one attached hydrogen (secondary N) is 1. The van der Waals surface area contributed by atoms with Crippen LogP contribution in [0.1, 0.15) is 34.9 Å². The molecule has 0 aromatic heterocycles. The number of hydrogen-bond donors (Lipinski definition) is 2. The van der Waals surface area contributed by atoms with Gasteiger partial charge in [0.25, 0.3) is 5.91 Å². The van der Waals surface area contributed by atoms with Crippen molar-refractivity contribution >= 4 is 23.3 Å². The maximum absolute atomic E-state index is 14.7. The summed E-state index contributed by atoms with van der Waals surface area (Å²) in [4.78, 5) is 28.1. The van der Waals surface area contributed by atoms with Gasteiger partial charge in [0.05, 0.1) is 6.04 Å². The zero-order valence-electron chi connectivity index (χ0n) is 20.7. The van der Waals surface area contributed by atoms with Gasteiger partial charge < -0.3 is 24.8 Å². The van der Waals surface area contributed by atoms with Crippen molar-refractivity contribution in [3.63, 3.8) is 0 Å². The average Bonchev–Trinajstić information content (AvgIpc) is 3.45. The lowest BCUT2D eigenvalue weighted by Crippen LogP contribution is -2.48. The van der Waals surface area contributed by atoms with Crippen LogP contribution in [0.15, 0.2) is 60.7 Å². The summed E-state index contributed by atoms with van der Waals surface area (Å²) in [5, 5.41) is 14.6. The van der Waals surface area contributed by atoms with Crippen LogP contribution >= 0.6 is 11.6 Å². The van der Waals surface area contributed by atoms with E-state index in [9.17, 15) is 19.1 Å². The molecule has 2 atom stereocenters. The fourth-order valence-corrected chi connectivity index (χ4v) is 4.95. The molecular weight excluding hydrogens is 511 g/mol. The maximum atomic E-state index is 14.7. The van der Waals surface area contributed by atoms with Crippen LogP contribution in [-0.4, -0.2) is 60.6 Å². The molecular formula is C29H28ClFN2O5. The molecule has 0 aliphatic carbocycles. The lowest BCUT2D eigenvalue weighted by atomic mass is 9.99. The Bertz CT molecular complexity index is 1310. The number of aliphatic hydroxyl groups excluding tert-OH is 1. The summed E-state index contributed by atoms with van der Waals surface area (Å²) in [5.41, 5.74) is 2.26. The fourth-order valence-electron chi connectivity index (χ4n) is 4.82. The van der Waals surface area contributed by atoms with Crippen LogP contribution in [0.5, 0.6) is 11.5 Å². The third-order valence-corrected chi connectivity index (χ3v) is 7.09. The maximum Gasteiger partial charge on any atom is 0.292 e. The number of rotatable bonds is 8. The van der Waals surface area contributed by atoms with Crippen molar-refractivity contribution in [2.45, 2.75) is 25.0 Å². The molecule has 0 unspecified atom stereocenters. The molecule has 3 aromatic carbocycles. The van der Waals surface area contributed by atoms with E-state index in [0.29, 0.717) is 11.6 Å². The number of nitrogens with zero attached hydrogens (tertiary/aromatic N) is 1. The first kappa shape index (κ1) is 26.2. The van der Waals surface area contributed by atoms with Crippen LogP contribution in [0.3, 0.4) is 0 Å². The second kappa shape index (κ2) is 11.5.